The van der Waals surface area contributed by atoms with E-state index in [1.165, 1.54) is 16.2 Å². The van der Waals surface area contributed by atoms with Crippen LogP contribution >= 0.6 is 11.3 Å². The standard InChI is InChI=1S/C55H54N6O7S2.HI/c1-61(32-18-19-33-61)35-40-37-70(65)52-47(51(63)60(52)48(40)53(64)67-49(38-21-7-2-8-22-38)39-23-9-3-10-24-39)57-50(62)46(59-68-45-31-17-20-34-66-45)44-36-69-54(56-44)58-55(41-25-11-4-12-26-41,42-27-13-5-14-28-42)43-29-15-6-16-30-43;/h2-16,21-30,36,45,47,49,52H,17-20,31-35,37H2,1H3,(H-,56,57,58,62);1H/t45?,47?,52-,70?;/m1./s1. The Morgan fingerprint density at radius 3 is 1.92 bits per heavy atom. The Morgan fingerprint density at radius 1 is 0.831 bits per heavy atom. The largest absolute Gasteiger partial charge is 1.00 e. The molecule has 3 fully saturated rings. The first-order chi connectivity index (χ1) is 34.2. The highest BCUT2D eigenvalue weighted by Gasteiger charge is 2.58. The minimum Gasteiger partial charge on any atom is -1.00 e. The van der Waals surface area contributed by atoms with Crippen LogP contribution in [0.25, 0.3) is 0 Å². The van der Waals surface area contributed by atoms with Gasteiger partial charge in [0.15, 0.2) is 16.9 Å². The van der Waals surface area contributed by atoms with E-state index in [1.54, 1.807) is 5.38 Å². The van der Waals surface area contributed by atoms with Crippen molar-refractivity contribution in [3.05, 3.63) is 202 Å². The van der Waals surface area contributed by atoms with Crippen LogP contribution in [0.15, 0.2) is 173 Å². The molecule has 2 amide bonds. The topological polar surface area (TPSA) is 149 Å². The van der Waals surface area contributed by atoms with Gasteiger partial charge in [-0.05, 0) is 40.7 Å². The number of nitrogens with one attached hydrogen (secondary N) is 2. The summed E-state index contributed by atoms with van der Waals surface area (Å²) < 4.78 is 27.3. The van der Waals surface area contributed by atoms with Gasteiger partial charge in [-0.1, -0.05) is 157 Å². The van der Waals surface area contributed by atoms with Gasteiger partial charge in [0.25, 0.3) is 11.8 Å². The number of rotatable bonds is 16. The molecule has 4 aliphatic heterocycles. The van der Waals surface area contributed by atoms with E-state index < -0.39 is 57.9 Å². The molecule has 10 rings (SSSR count). The number of likely N-dealkylation sites (N-methyl/N-ethyl adjacent to an activating group) is 1. The number of aromatic nitrogens is 1. The molecule has 6 aromatic rings. The van der Waals surface area contributed by atoms with E-state index >= 15 is 0 Å². The van der Waals surface area contributed by atoms with Crippen molar-refractivity contribution in [3.8, 4) is 0 Å². The second kappa shape index (κ2) is 22.2. The van der Waals surface area contributed by atoms with Crippen LogP contribution in [0.4, 0.5) is 5.13 Å². The van der Waals surface area contributed by atoms with Gasteiger partial charge in [-0.3, -0.25) is 18.7 Å². The van der Waals surface area contributed by atoms with Crippen molar-refractivity contribution in [2.75, 3.05) is 44.4 Å². The minimum atomic E-state index is -1.69. The Morgan fingerprint density at radius 2 is 1.38 bits per heavy atom. The number of thiazole rings is 1. The molecule has 13 nitrogen and oxygen atoms in total. The van der Waals surface area contributed by atoms with Crippen LogP contribution in [0, 0.1) is 0 Å². The fraction of sp³-hybridized carbons (Fsp3) is 0.291. The van der Waals surface area contributed by atoms with Crippen LogP contribution in [0.3, 0.4) is 0 Å². The first-order valence-corrected chi connectivity index (χ1v) is 26.1. The molecule has 0 bridgehead atoms. The summed E-state index contributed by atoms with van der Waals surface area (Å²) in [7, 11) is 0.433. The highest BCUT2D eigenvalue weighted by molar-refractivity contribution is 7.86. The van der Waals surface area contributed by atoms with E-state index in [1.807, 2.05) is 115 Å². The van der Waals surface area contributed by atoms with Gasteiger partial charge in [-0.15, -0.1) is 11.3 Å². The lowest BCUT2D eigenvalue weighted by Crippen LogP contribution is -3.00. The number of anilines is 1. The van der Waals surface area contributed by atoms with Gasteiger partial charge < -0.3 is 53.4 Å². The molecule has 16 heteroatoms. The molecule has 5 heterocycles. The summed E-state index contributed by atoms with van der Waals surface area (Å²) in [6, 6.07) is 48.0. The second-order valence-electron chi connectivity index (χ2n) is 18.4. The van der Waals surface area contributed by atoms with E-state index in [0.717, 1.165) is 66.6 Å². The summed E-state index contributed by atoms with van der Waals surface area (Å²) in [5, 5.41) is 12.2. The fourth-order valence-electron chi connectivity index (χ4n) is 10.1. The number of carbonyl (C=O) groups excluding carboxylic acids is 3. The third kappa shape index (κ3) is 10.5. The highest BCUT2D eigenvalue weighted by atomic mass is 127. The molecule has 1 aromatic heterocycles. The second-order valence-corrected chi connectivity index (χ2v) is 20.8. The molecule has 0 saturated carbocycles. The maximum absolute atomic E-state index is 14.8. The number of carbonyl (C=O) groups is 3. The third-order valence-corrected chi connectivity index (χ3v) is 16.0. The van der Waals surface area contributed by atoms with E-state index in [2.05, 4.69) is 59.2 Å². The first-order valence-electron chi connectivity index (χ1n) is 23.8. The molecular formula is C55H55IN6O7S2. The van der Waals surface area contributed by atoms with Gasteiger partial charge in [0, 0.05) is 30.2 Å². The summed E-state index contributed by atoms with van der Waals surface area (Å²) in [6.07, 6.45) is 2.92. The smallest absolute Gasteiger partial charge is 0.356 e. The number of nitrogens with zero attached hydrogens (tertiary/aromatic N) is 4. The Labute approximate surface area is 437 Å². The van der Waals surface area contributed by atoms with E-state index in [4.69, 9.17) is 19.3 Å². The zero-order valence-electron chi connectivity index (χ0n) is 39.2. The number of quaternary nitrogens is 1. The molecule has 3 unspecified atom stereocenters. The average molecular weight is 1100 g/mol. The Hall–Kier alpha value is -6.05. The van der Waals surface area contributed by atoms with Gasteiger partial charge >= 0.3 is 5.97 Å². The number of fused-ring (bicyclic) bond motifs is 1. The van der Waals surface area contributed by atoms with Crippen molar-refractivity contribution in [2.24, 2.45) is 5.16 Å². The van der Waals surface area contributed by atoms with Gasteiger partial charge in [-0.2, -0.15) is 0 Å². The van der Waals surface area contributed by atoms with Crippen LogP contribution in [0.2, 0.25) is 0 Å². The fourth-order valence-corrected chi connectivity index (χ4v) is 12.6. The van der Waals surface area contributed by atoms with Crippen LogP contribution < -0.4 is 34.6 Å². The molecule has 366 valence electrons. The number of β-lactam (4-membered cyclic amide) rings is 1. The van der Waals surface area contributed by atoms with E-state index in [-0.39, 0.29) is 46.8 Å². The number of oxime groups is 1. The Kier molecular flexibility index (Phi) is 15.6. The number of hydrogen-bond acceptors (Lipinski definition) is 11. The zero-order chi connectivity index (χ0) is 48.1. The number of benzene rings is 5. The van der Waals surface area contributed by atoms with Crippen molar-refractivity contribution >= 4 is 50.8 Å². The van der Waals surface area contributed by atoms with Gasteiger partial charge in [0.05, 0.1) is 43.3 Å². The number of ether oxygens (including phenoxy) is 2. The maximum atomic E-state index is 14.8. The number of halogens is 1. The molecule has 4 atom stereocenters. The lowest BCUT2D eigenvalue weighted by molar-refractivity contribution is -0.893. The average Bonchev–Trinajstić information content (AvgIpc) is 4.06. The van der Waals surface area contributed by atoms with E-state index in [9.17, 15) is 18.6 Å². The summed E-state index contributed by atoms with van der Waals surface area (Å²) >= 11 is 1.29. The molecule has 4 aliphatic rings. The molecule has 0 spiro atoms. The number of esters is 1. The minimum absolute atomic E-state index is 0. The maximum Gasteiger partial charge on any atom is 0.356 e. The van der Waals surface area contributed by atoms with Crippen molar-refractivity contribution < 1.29 is 61.4 Å². The van der Waals surface area contributed by atoms with Crippen LogP contribution in [-0.4, -0.2) is 98.8 Å². The summed E-state index contributed by atoms with van der Waals surface area (Å²) in [5.74, 6) is -1.99. The Balaban J connectivity index is 0.00000624. The van der Waals surface area contributed by atoms with Crippen LogP contribution in [-0.2, 0) is 45.0 Å². The molecule has 2 N–H and O–H groups in total. The summed E-state index contributed by atoms with van der Waals surface area (Å²) in [6.45, 7) is 2.70. The SMILES string of the molecule is C[N+]1(CC2=C(C(=O)OC(c3ccccc3)c3ccccc3)N3C(=O)C(NC(=O)C(=NOC4CCCCO4)c4csc(NC(c5ccccc5)(c5ccccc5)c5ccccc5)n4)[C@H]3S(=O)C2)CCCC1.[I-]. The quantitative estimate of drug-likeness (QED) is 0.0259. The van der Waals surface area contributed by atoms with Crippen molar-refractivity contribution in [1.29, 1.82) is 0 Å². The van der Waals surface area contributed by atoms with Gasteiger partial charge in [0.2, 0.25) is 6.29 Å². The highest BCUT2D eigenvalue weighted by Crippen LogP contribution is 2.42. The lowest BCUT2D eigenvalue weighted by Gasteiger charge is -2.49. The van der Waals surface area contributed by atoms with Crippen molar-refractivity contribution in [1.82, 2.24) is 15.2 Å². The molecule has 3 saturated heterocycles. The van der Waals surface area contributed by atoms with Gasteiger partial charge in [-0.25, -0.2) is 9.78 Å². The molecule has 0 radical (unpaired) electrons. The van der Waals surface area contributed by atoms with Crippen LogP contribution in [0.5, 0.6) is 0 Å². The predicted octanol–water partition coefficient (Wildman–Crippen LogP) is 5.04. The zero-order valence-corrected chi connectivity index (χ0v) is 43.0. The molecular weight excluding hydrogens is 1050 g/mol. The van der Waals surface area contributed by atoms with Crippen molar-refractivity contribution in [3.63, 3.8) is 0 Å². The summed E-state index contributed by atoms with van der Waals surface area (Å²) in [4.78, 5) is 56.3. The number of likely N-dealkylation sites (tertiary alicyclic amines) is 1. The predicted molar refractivity (Wildman–Crippen MR) is 270 cm³/mol. The first kappa shape index (κ1) is 49.9. The van der Waals surface area contributed by atoms with Crippen LogP contribution in [0.1, 0.15) is 71.7 Å². The third-order valence-electron chi connectivity index (χ3n) is 13.6. The summed E-state index contributed by atoms with van der Waals surface area (Å²) in [5.41, 5.74) is 4.22. The van der Waals surface area contributed by atoms with Crippen molar-refractivity contribution in [2.45, 2.75) is 61.5 Å². The lowest BCUT2D eigenvalue weighted by atomic mass is 9.77. The number of amides is 2. The number of hydrogen-bond donors (Lipinski definition) is 2. The normalized spacial score (nSPS) is 20.8. The van der Waals surface area contributed by atoms with E-state index in [0.29, 0.717) is 34.8 Å². The molecule has 0 aliphatic carbocycles. The molecule has 5 aromatic carbocycles. The van der Waals surface area contributed by atoms with Gasteiger partial charge in [0.1, 0.15) is 34.9 Å². The Bertz CT molecular complexity index is 2760. The molecule has 71 heavy (non-hydrogen) atoms. The monoisotopic (exact) mass is 1100 g/mol.